The van der Waals surface area contributed by atoms with Gasteiger partial charge >= 0.3 is 0 Å². The van der Waals surface area contributed by atoms with E-state index in [1.807, 2.05) is 6.92 Å². The van der Waals surface area contributed by atoms with Crippen molar-refractivity contribution in [3.05, 3.63) is 11.6 Å². The Morgan fingerprint density at radius 1 is 1.20 bits per heavy atom. The van der Waals surface area contributed by atoms with Crippen LogP contribution in [0.1, 0.15) is 65.7 Å². The molecule has 4 aliphatic rings. The van der Waals surface area contributed by atoms with Crippen molar-refractivity contribution in [2.45, 2.75) is 83.5 Å². The molecular weight excluding hydrogens is 316 g/mol. The second-order valence-electron chi connectivity index (χ2n) is 9.72. The van der Waals surface area contributed by atoms with Crippen molar-refractivity contribution in [3.8, 4) is 0 Å². The van der Waals surface area contributed by atoms with Crippen LogP contribution in [-0.2, 0) is 4.79 Å². The molecule has 0 heterocycles. The molecule has 3 N–H and O–H groups in total. The molecule has 0 saturated heterocycles. The molecule has 4 aliphatic carbocycles. The summed E-state index contributed by atoms with van der Waals surface area (Å²) in [6.45, 7) is 5.78. The Kier molecular flexibility index (Phi) is 3.82. The van der Waals surface area contributed by atoms with Crippen LogP contribution in [-0.4, -0.2) is 38.9 Å². The zero-order valence-corrected chi connectivity index (χ0v) is 15.7. The Labute approximate surface area is 150 Å². The minimum Gasteiger partial charge on any atom is -0.393 e. The van der Waals surface area contributed by atoms with Gasteiger partial charge in [-0.1, -0.05) is 25.5 Å². The maximum atomic E-state index is 12.3. The highest BCUT2D eigenvalue weighted by Crippen LogP contribution is 2.67. The number of hydrogen-bond donors (Lipinski definition) is 3. The Morgan fingerprint density at radius 2 is 1.92 bits per heavy atom. The molecule has 3 fully saturated rings. The minimum absolute atomic E-state index is 0.0557. The Balaban J connectivity index is 1.74. The summed E-state index contributed by atoms with van der Waals surface area (Å²) in [6, 6.07) is 0. The van der Waals surface area contributed by atoms with Gasteiger partial charge in [-0.05, 0) is 75.0 Å². The van der Waals surface area contributed by atoms with E-state index >= 15 is 0 Å². The smallest absolute Gasteiger partial charge is 0.161 e. The molecule has 8 atom stereocenters. The number of aliphatic hydroxyl groups is 3. The zero-order chi connectivity index (χ0) is 18.2. The molecule has 0 aromatic heterocycles. The molecule has 0 radical (unpaired) electrons. The van der Waals surface area contributed by atoms with Crippen molar-refractivity contribution in [1.82, 2.24) is 0 Å². The van der Waals surface area contributed by atoms with Crippen molar-refractivity contribution in [3.63, 3.8) is 0 Å². The van der Waals surface area contributed by atoms with Crippen LogP contribution in [0.5, 0.6) is 0 Å². The van der Waals surface area contributed by atoms with Crippen molar-refractivity contribution in [2.24, 2.45) is 28.6 Å². The lowest BCUT2D eigenvalue weighted by molar-refractivity contribution is -0.177. The number of rotatable bonds is 1. The monoisotopic (exact) mass is 348 g/mol. The standard InChI is InChI=1S/C21H32O4/c1-12(22)21(25)9-7-16-15-5-4-13-10-14(23)6-8-19(13,2)18(15)17(24)11-20(16,21)3/h4,14-18,23-25H,5-11H2,1-3H3. The third kappa shape index (κ3) is 2.14. The summed E-state index contributed by atoms with van der Waals surface area (Å²) < 4.78 is 0. The van der Waals surface area contributed by atoms with E-state index in [9.17, 15) is 20.1 Å². The molecule has 25 heavy (non-hydrogen) atoms. The minimum atomic E-state index is -1.29. The lowest BCUT2D eigenvalue weighted by Crippen LogP contribution is -2.61. The molecule has 4 nitrogen and oxygen atoms in total. The molecule has 0 amide bonds. The van der Waals surface area contributed by atoms with E-state index in [-0.39, 0.29) is 29.1 Å². The number of carbonyl (C=O) groups excluding carboxylic acids is 1. The topological polar surface area (TPSA) is 77.8 Å². The van der Waals surface area contributed by atoms with Crippen molar-refractivity contribution < 1.29 is 20.1 Å². The van der Waals surface area contributed by atoms with Crippen LogP contribution in [0.4, 0.5) is 0 Å². The summed E-state index contributed by atoms with van der Waals surface area (Å²) in [4.78, 5) is 12.3. The van der Waals surface area contributed by atoms with Crippen LogP contribution >= 0.6 is 0 Å². The Hall–Kier alpha value is -0.710. The van der Waals surface area contributed by atoms with Gasteiger partial charge in [-0.2, -0.15) is 0 Å². The Bertz CT molecular complexity index is 627. The lowest BCUT2D eigenvalue weighted by atomic mass is 9.46. The predicted octanol–water partition coefficient (Wildman–Crippen LogP) is 2.60. The van der Waals surface area contributed by atoms with Gasteiger partial charge in [0.05, 0.1) is 12.2 Å². The molecule has 4 rings (SSSR count). The van der Waals surface area contributed by atoms with E-state index in [1.54, 1.807) is 0 Å². The molecule has 0 aliphatic heterocycles. The van der Waals surface area contributed by atoms with Crippen molar-refractivity contribution >= 4 is 5.78 Å². The number of fused-ring (bicyclic) bond motifs is 5. The van der Waals surface area contributed by atoms with E-state index < -0.39 is 17.1 Å². The van der Waals surface area contributed by atoms with E-state index in [4.69, 9.17) is 0 Å². The quantitative estimate of drug-likeness (QED) is 0.637. The average Bonchev–Trinajstić information content (AvgIpc) is 2.80. The third-order valence-electron chi connectivity index (χ3n) is 8.75. The number of aliphatic hydroxyl groups excluding tert-OH is 2. The van der Waals surface area contributed by atoms with Gasteiger partial charge in [-0.15, -0.1) is 0 Å². The second-order valence-corrected chi connectivity index (χ2v) is 9.72. The first-order chi connectivity index (χ1) is 11.6. The predicted molar refractivity (Wildman–Crippen MR) is 94.7 cm³/mol. The second kappa shape index (κ2) is 5.40. The first kappa shape index (κ1) is 17.7. The number of Topliss-reactive ketones (excluding diaryl/α,β-unsaturated/α-hetero) is 1. The van der Waals surface area contributed by atoms with Crippen molar-refractivity contribution in [1.29, 1.82) is 0 Å². The molecule has 0 bridgehead atoms. The van der Waals surface area contributed by atoms with Gasteiger partial charge in [0.2, 0.25) is 0 Å². The SMILES string of the molecule is CC(=O)C1(O)CCC2C3CC=C4CC(O)CCC4(C)C3C(O)CC21C. The molecule has 0 spiro atoms. The number of allylic oxidation sites excluding steroid dienone is 1. The maximum absolute atomic E-state index is 12.3. The number of hydrogen-bond acceptors (Lipinski definition) is 4. The number of carbonyl (C=O) groups is 1. The third-order valence-corrected chi connectivity index (χ3v) is 8.75. The molecular formula is C21H32O4. The summed E-state index contributed by atoms with van der Waals surface area (Å²) in [7, 11) is 0. The van der Waals surface area contributed by atoms with E-state index in [0.717, 1.165) is 32.1 Å². The molecule has 0 aromatic carbocycles. The summed E-state index contributed by atoms with van der Waals surface area (Å²) in [5.74, 6) is 0.608. The summed E-state index contributed by atoms with van der Waals surface area (Å²) in [5.41, 5.74) is -0.568. The highest BCUT2D eigenvalue weighted by Gasteiger charge is 2.67. The van der Waals surface area contributed by atoms with Crippen LogP contribution in [0.15, 0.2) is 11.6 Å². The molecule has 8 unspecified atom stereocenters. The maximum Gasteiger partial charge on any atom is 0.161 e. The van der Waals surface area contributed by atoms with E-state index in [2.05, 4.69) is 13.0 Å². The fraction of sp³-hybridized carbons (Fsp3) is 0.857. The summed E-state index contributed by atoms with van der Waals surface area (Å²) in [6.07, 6.45) is 6.76. The highest BCUT2D eigenvalue weighted by molar-refractivity contribution is 5.86. The van der Waals surface area contributed by atoms with Gasteiger partial charge in [0.1, 0.15) is 5.60 Å². The largest absolute Gasteiger partial charge is 0.393 e. The van der Waals surface area contributed by atoms with Gasteiger partial charge < -0.3 is 15.3 Å². The van der Waals surface area contributed by atoms with Crippen molar-refractivity contribution in [2.75, 3.05) is 0 Å². The van der Waals surface area contributed by atoms with Gasteiger partial charge in [0, 0.05) is 5.41 Å². The average molecular weight is 348 g/mol. The van der Waals surface area contributed by atoms with E-state index in [0.29, 0.717) is 18.8 Å². The highest BCUT2D eigenvalue weighted by atomic mass is 16.3. The van der Waals surface area contributed by atoms with Crippen LogP contribution in [0.2, 0.25) is 0 Å². The first-order valence-corrected chi connectivity index (χ1v) is 9.92. The van der Waals surface area contributed by atoms with Gasteiger partial charge in [0.25, 0.3) is 0 Å². The zero-order valence-electron chi connectivity index (χ0n) is 15.7. The molecule has 4 heteroatoms. The summed E-state index contributed by atoms with van der Waals surface area (Å²) in [5, 5.41) is 32.4. The van der Waals surface area contributed by atoms with Gasteiger partial charge in [-0.25, -0.2) is 0 Å². The molecule has 140 valence electrons. The van der Waals surface area contributed by atoms with Gasteiger partial charge in [-0.3, -0.25) is 4.79 Å². The van der Waals surface area contributed by atoms with Crippen LogP contribution in [0.3, 0.4) is 0 Å². The molecule has 0 aromatic rings. The first-order valence-electron chi connectivity index (χ1n) is 9.92. The van der Waals surface area contributed by atoms with Crippen LogP contribution in [0, 0.1) is 28.6 Å². The lowest BCUT2D eigenvalue weighted by Gasteiger charge is -2.60. The molecule has 3 saturated carbocycles. The van der Waals surface area contributed by atoms with Gasteiger partial charge in [0.15, 0.2) is 5.78 Å². The number of ketones is 1. The normalized spacial score (nSPS) is 55.0. The Morgan fingerprint density at radius 3 is 2.60 bits per heavy atom. The fourth-order valence-electron chi connectivity index (χ4n) is 7.36. The van der Waals surface area contributed by atoms with E-state index in [1.165, 1.54) is 12.5 Å². The summed E-state index contributed by atoms with van der Waals surface area (Å²) >= 11 is 0. The van der Waals surface area contributed by atoms with Crippen LogP contribution in [0.25, 0.3) is 0 Å². The fourth-order valence-corrected chi connectivity index (χ4v) is 7.36. The van der Waals surface area contributed by atoms with Crippen LogP contribution < -0.4 is 0 Å².